The zero-order valence-corrected chi connectivity index (χ0v) is 16.9. The Morgan fingerprint density at radius 3 is 2.52 bits per heavy atom. The summed E-state index contributed by atoms with van der Waals surface area (Å²) in [5.41, 5.74) is 4.40. The molecule has 0 bridgehead atoms. The number of hydrogen-bond acceptors (Lipinski definition) is 8. The number of hydrogen-bond donors (Lipinski definition) is 3. The van der Waals surface area contributed by atoms with Gasteiger partial charge in [0.2, 0.25) is 6.29 Å². The van der Waals surface area contributed by atoms with Gasteiger partial charge in [-0.2, -0.15) is 0 Å². The van der Waals surface area contributed by atoms with E-state index >= 15 is 0 Å². The zero-order valence-electron chi connectivity index (χ0n) is 16.9. The normalized spacial score (nSPS) is 26.3. The molecule has 2 heterocycles. The second-order valence-electron chi connectivity index (χ2n) is 7.82. The average Bonchev–Trinajstić information content (AvgIpc) is 2.64. The van der Waals surface area contributed by atoms with Crippen LogP contribution in [0.3, 0.4) is 0 Å². The van der Waals surface area contributed by atoms with Gasteiger partial charge in [-0.25, -0.2) is 9.59 Å². The van der Waals surface area contributed by atoms with E-state index in [1.807, 2.05) is 0 Å². The fourth-order valence-corrected chi connectivity index (χ4v) is 3.43. The lowest BCUT2D eigenvalue weighted by Crippen LogP contribution is -2.61. The van der Waals surface area contributed by atoms with Crippen LogP contribution in [-0.2, 0) is 9.47 Å². The van der Waals surface area contributed by atoms with E-state index in [1.165, 1.54) is 6.92 Å². The number of fused-ring (bicyclic) bond motifs is 1. The van der Waals surface area contributed by atoms with E-state index < -0.39 is 35.8 Å². The molecule has 9 heteroatoms. The number of aliphatic hydroxyl groups is 1. The van der Waals surface area contributed by atoms with Crippen molar-refractivity contribution in [2.45, 2.75) is 58.7 Å². The number of benzene rings is 1. The first-order valence-corrected chi connectivity index (χ1v) is 9.18. The summed E-state index contributed by atoms with van der Waals surface area (Å²) >= 11 is 0. The molecule has 1 fully saturated rings. The van der Waals surface area contributed by atoms with Crippen LogP contribution in [0, 0.1) is 19.8 Å². The van der Waals surface area contributed by atoms with Crippen molar-refractivity contribution in [2.24, 2.45) is 11.7 Å². The standard InChI is InChI=1S/C20H25NO8/c1-8-12(7-6-11-13(22)9(2)17(24)27-15(8)11)26-18-14(23)16(28-19(21)25)10(3)20(4,5)29-18/h6-7,10,14,16,18,22-23H,1-5H3,(H2,21,25)/t10?,14?,16-,18+/m0/s1. The van der Waals surface area contributed by atoms with Crippen LogP contribution in [0.1, 0.15) is 31.9 Å². The van der Waals surface area contributed by atoms with Crippen molar-refractivity contribution in [3.05, 3.63) is 33.7 Å². The number of ether oxygens (including phenoxy) is 3. The van der Waals surface area contributed by atoms with E-state index in [-0.39, 0.29) is 28.6 Å². The van der Waals surface area contributed by atoms with E-state index in [1.54, 1.807) is 39.8 Å². The van der Waals surface area contributed by atoms with Crippen LogP contribution in [0.25, 0.3) is 11.0 Å². The predicted molar refractivity (Wildman–Crippen MR) is 103 cm³/mol. The maximum atomic E-state index is 11.9. The minimum atomic E-state index is -1.31. The van der Waals surface area contributed by atoms with E-state index in [0.717, 1.165) is 0 Å². The summed E-state index contributed by atoms with van der Waals surface area (Å²) < 4.78 is 22.2. The Kier molecular flexibility index (Phi) is 5.22. The van der Waals surface area contributed by atoms with Crippen LogP contribution < -0.4 is 16.1 Å². The zero-order chi connectivity index (χ0) is 21.7. The van der Waals surface area contributed by atoms with E-state index in [0.29, 0.717) is 10.9 Å². The highest BCUT2D eigenvalue weighted by Crippen LogP contribution is 2.38. The summed E-state index contributed by atoms with van der Waals surface area (Å²) in [7, 11) is 0. The largest absolute Gasteiger partial charge is 0.507 e. The van der Waals surface area contributed by atoms with Gasteiger partial charge in [-0.05, 0) is 39.8 Å². The average molecular weight is 407 g/mol. The first-order valence-electron chi connectivity index (χ1n) is 9.18. The van der Waals surface area contributed by atoms with Crippen LogP contribution in [0.5, 0.6) is 11.5 Å². The van der Waals surface area contributed by atoms with Crippen molar-refractivity contribution >= 4 is 17.1 Å². The van der Waals surface area contributed by atoms with Crippen molar-refractivity contribution in [3.63, 3.8) is 0 Å². The third kappa shape index (κ3) is 3.63. The number of amides is 1. The van der Waals surface area contributed by atoms with Gasteiger partial charge in [-0.3, -0.25) is 0 Å². The highest BCUT2D eigenvalue weighted by molar-refractivity contribution is 5.88. The topological polar surface area (TPSA) is 141 Å². The summed E-state index contributed by atoms with van der Waals surface area (Å²) in [5.74, 6) is -0.249. The van der Waals surface area contributed by atoms with Gasteiger partial charge in [0.1, 0.15) is 23.2 Å². The molecule has 2 aromatic rings. The van der Waals surface area contributed by atoms with Crippen LogP contribution in [0.2, 0.25) is 0 Å². The molecule has 4 atom stereocenters. The number of carbonyl (C=O) groups excluding carboxylic acids is 1. The van der Waals surface area contributed by atoms with Crippen molar-refractivity contribution in [3.8, 4) is 11.5 Å². The van der Waals surface area contributed by atoms with Gasteiger partial charge in [0.05, 0.1) is 16.6 Å². The van der Waals surface area contributed by atoms with Gasteiger partial charge < -0.3 is 34.6 Å². The number of aryl methyl sites for hydroxylation is 1. The molecule has 1 amide bonds. The molecule has 1 aliphatic rings. The third-order valence-corrected chi connectivity index (χ3v) is 5.59. The SMILES string of the molecule is Cc1c(O)c2ccc(O[C@@H]3OC(C)(C)C(C)[C@H](OC(N)=O)C3O)c(C)c2oc1=O. The van der Waals surface area contributed by atoms with Gasteiger partial charge in [0.15, 0.2) is 6.10 Å². The Balaban J connectivity index is 1.99. The minimum absolute atomic E-state index is 0.110. The minimum Gasteiger partial charge on any atom is -0.507 e. The first-order chi connectivity index (χ1) is 13.4. The number of rotatable bonds is 3. The summed E-state index contributed by atoms with van der Waals surface area (Å²) in [6, 6.07) is 3.12. The summed E-state index contributed by atoms with van der Waals surface area (Å²) in [6.45, 7) is 8.45. The molecule has 0 spiro atoms. The van der Waals surface area contributed by atoms with Crippen LogP contribution in [0.4, 0.5) is 4.79 Å². The number of nitrogens with two attached hydrogens (primary N) is 1. The number of carbonyl (C=O) groups is 1. The van der Waals surface area contributed by atoms with Gasteiger partial charge in [-0.15, -0.1) is 0 Å². The molecular formula is C20H25NO8. The molecule has 1 aromatic heterocycles. The molecular weight excluding hydrogens is 382 g/mol. The molecule has 0 saturated carbocycles. The maximum absolute atomic E-state index is 11.9. The molecule has 0 aliphatic carbocycles. The Labute approximate surface area is 167 Å². The molecule has 9 nitrogen and oxygen atoms in total. The van der Waals surface area contributed by atoms with Gasteiger partial charge in [0.25, 0.3) is 0 Å². The summed E-state index contributed by atoms with van der Waals surface area (Å²) in [6.07, 6.45) is -4.43. The van der Waals surface area contributed by atoms with Crippen molar-refractivity contribution < 1.29 is 33.6 Å². The molecule has 158 valence electrons. The van der Waals surface area contributed by atoms with Gasteiger partial charge >= 0.3 is 11.7 Å². The van der Waals surface area contributed by atoms with Crippen molar-refractivity contribution in [1.82, 2.24) is 0 Å². The quantitative estimate of drug-likeness (QED) is 0.657. The lowest BCUT2D eigenvalue weighted by Gasteiger charge is -2.47. The Morgan fingerprint density at radius 1 is 1.24 bits per heavy atom. The second-order valence-corrected chi connectivity index (χ2v) is 7.82. The molecule has 1 saturated heterocycles. The summed E-state index contributed by atoms with van der Waals surface area (Å²) in [5, 5.41) is 21.2. The monoisotopic (exact) mass is 407 g/mol. The molecule has 2 unspecified atom stereocenters. The van der Waals surface area contributed by atoms with Crippen molar-refractivity contribution in [1.29, 1.82) is 0 Å². The molecule has 4 N–H and O–H groups in total. The van der Waals surface area contributed by atoms with E-state index in [4.69, 9.17) is 24.4 Å². The number of aromatic hydroxyl groups is 1. The molecule has 3 rings (SSSR count). The highest BCUT2D eigenvalue weighted by atomic mass is 16.7. The molecule has 0 radical (unpaired) electrons. The van der Waals surface area contributed by atoms with Crippen molar-refractivity contribution in [2.75, 3.05) is 0 Å². The summed E-state index contributed by atoms with van der Waals surface area (Å²) in [4.78, 5) is 23.2. The van der Waals surface area contributed by atoms with Crippen LogP contribution in [-0.4, -0.2) is 40.4 Å². The Bertz CT molecular complexity index is 1010. The fourth-order valence-electron chi connectivity index (χ4n) is 3.43. The highest BCUT2D eigenvalue weighted by Gasteiger charge is 2.50. The molecule has 29 heavy (non-hydrogen) atoms. The Hall–Kier alpha value is -2.78. The molecule has 1 aromatic carbocycles. The van der Waals surface area contributed by atoms with Gasteiger partial charge in [0, 0.05) is 11.5 Å². The molecule has 1 aliphatic heterocycles. The van der Waals surface area contributed by atoms with Crippen LogP contribution in [0.15, 0.2) is 21.3 Å². The first kappa shape index (κ1) is 20.9. The van der Waals surface area contributed by atoms with E-state index in [9.17, 15) is 19.8 Å². The second kappa shape index (κ2) is 7.23. The lowest BCUT2D eigenvalue weighted by molar-refractivity contribution is -0.283. The Morgan fingerprint density at radius 2 is 1.90 bits per heavy atom. The van der Waals surface area contributed by atoms with Crippen LogP contribution >= 0.6 is 0 Å². The third-order valence-electron chi connectivity index (χ3n) is 5.59. The van der Waals surface area contributed by atoms with Gasteiger partial charge in [-0.1, -0.05) is 6.92 Å². The fraction of sp³-hybridized carbons (Fsp3) is 0.500. The number of aliphatic hydroxyl groups excluding tert-OH is 1. The smallest absolute Gasteiger partial charge is 0.404 e. The maximum Gasteiger partial charge on any atom is 0.404 e. The lowest BCUT2D eigenvalue weighted by atomic mass is 9.82. The number of primary amides is 1. The predicted octanol–water partition coefficient (Wildman–Crippen LogP) is 2.09. The van der Waals surface area contributed by atoms with E-state index in [2.05, 4.69) is 0 Å².